The van der Waals surface area contributed by atoms with Gasteiger partial charge in [-0.2, -0.15) is 13.2 Å². The van der Waals surface area contributed by atoms with Crippen molar-refractivity contribution < 1.29 is 22.5 Å². The summed E-state index contributed by atoms with van der Waals surface area (Å²) >= 11 is 6.42. The van der Waals surface area contributed by atoms with Crippen molar-refractivity contribution in [2.75, 3.05) is 13.2 Å². The lowest BCUT2D eigenvalue weighted by atomic mass is 10.4. The van der Waals surface area contributed by atoms with Crippen LogP contribution in [0.2, 0.25) is 0 Å². The average Bonchev–Trinajstić information content (AvgIpc) is 2.28. The van der Waals surface area contributed by atoms with Crippen LogP contribution in [0.3, 0.4) is 0 Å². The second-order valence-electron chi connectivity index (χ2n) is 3.73. The maximum atomic E-state index is 12.6. The number of carbonyl (C=O) groups excluding carboxylic acids is 1. The van der Waals surface area contributed by atoms with Crippen LogP contribution >= 0.6 is 17.0 Å². The van der Waals surface area contributed by atoms with Gasteiger partial charge in [0.15, 0.2) is 0 Å². The molecule has 9 heteroatoms. The Morgan fingerprint density at radius 2 is 1.95 bits per heavy atom. The van der Waals surface area contributed by atoms with Crippen molar-refractivity contribution in [3.63, 3.8) is 0 Å². The first-order valence-corrected chi connectivity index (χ1v) is 10.1. The van der Waals surface area contributed by atoms with Crippen LogP contribution in [0.15, 0.2) is 0 Å². The van der Waals surface area contributed by atoms with Gasteiger partial charge in [0, 0.05) is 11.8 Å². The highest BCUT2D eigenvalue weighted by molar-refractivity contribution is 8.69. The maximum Gasteiger partial charge on any atom is 0.471 e. The van der Waals surface area contributed by atoms with E-state index >= 15 is 0 Å². The fourth-order valence-corrected chi connectivity index (χ4v) is 8.55. The Morgan fingerprint density at radius 1 is 1.42 bits per heavy atom. The fourth-order valence-electron chi connectivity index (χ4n) is 1.20. The van der Waals surface area contributed by atoms with Gasteiger partial charge in [-0.1, -0.05) is 25.2 Å². The molecule has 0 aliphatic heterocycles. The molecule has 2 unspecified atom stereocenters. The predicted octanol–water partition coefficient (Wildman–Crippen LogP) is 4.19. The zero-order valence-corrected chi connectivity index (χ0v) is 13.9. The van der Waals surface area contributed by atoms with Crippen LogP contribution in [0.4, 0.5) is 13.2 Å². The largest absolute Gasteiger partial charge is 0.471 e. The van der Waals surface area contributed by atoms with Crippen LogP contribution in [-0.2, 0) is 21.1 Å². The third-order valence-corrected chi connectivity index (χ3v) is 9.32. The van der Waals surface area contributed by atoms with Gasteiger partial charge in [-0.15, -0.1) is 0 Å². The van der Waals surface area contributed by atoms with Crippen LogP contribution in [-0.4, -0.2) is 35.2 Å². The zero-order chi connectivity index (χ0) is 15.3. The third kappa shape index (κ3) is 5.61. The van der Waals surface area contributed by atoms with E-state index in [-0.39, 0.29) is 18.4 Å². The van der Waals surface area contributed by atoms with Crippen LogP contribution in [0.25, 0.3) is 0 Å². The third-order valence-electron chi connectivity index (χ3n) is 2.25. The summed E-state index contributed by atoms with van der Waals surface area (Å²) in [5, 5.41) is 0.0347. The first-order chi connectivity index (χ1) is 8.62. The first kappa shape index (κ1) is 19.2. The van der Waals surface area contributed by atoms with Gasteiger partial charge >= 0.3 is 12.1 Å². The van der Waals surface area contributed by atoms with E-state index in [1.165, 1.54) is 6.92 Å². The van der Waals surface area contributed by atoms with Crippen LogP contribution < -0.4 is 0 Å². The molecule has 0 rings (SSSR count). The zero-order valence-electron chi connectivity index (χ0n) is 11.4. The van der Waals surface area contributed by atoms with Gasteiger partial charge in [-0.25, -0.2) is 0 Å². The second kappa shape index (κ2) is 7.86. The highest BCUT2D eigenvalue weighted by Crippen LogP contribution is 2.65. The van der Waals surface area contributed by atoms with Gasteiger partial charge in [0.25, 0.3) is 0 Å². The summed E-state index contributed by atoms with van der Waals surface area (Å²) in [4.78, 5) is 11.5. The van der Waals surface area contributed by atoms with Crippen molar-refractivity contribution in [1.29, 1.82) is 0 Å². The van der Waals surface area contributed by atoms with E-state index < -0.39 is 17.7 Å². The van der Waals surface area contributed by atoms with Crippen molar-refractivity contribution in [1.82, 2.24) is 4.67 Å². The van der Waals surface area contributed by atoms with Gasteiger partial charge in [0.1, 0.15) is 0 Å². The lowest BCUT2D eigenvalue weighted by Gasteiger charge is -2.34. The first-order valence-electron chi connectivity index (χ1n) is 5.94. The molecule has 0 saturated carbocycles. The van der Waals surface area contributed by atoms with Crippen molar-refractivity contribution in [3.8, 4) is 0 Å². The molecule has 0 N–H and O–H groups in total. The average molecular weight is 337 g/mol. The number of nitrogens with zero attached hydrogens (tertiary/aromatic N) is 1. The van der Waals surface area contributed by atoms with Gasteiger partial charge in [0.05, 0.1) is 6.61 Å². The number of carbonyl (C=O) groups is 1. The Morgan fingerprint density at radius 3 is 2.26 bits per heavy atom. The topological polar surface area (TPSA) is 29.5 Å². The molecule has 1 amide bonds. The van der Waals surface area contributed by atoms with E-state index in [0.717, 1.165) is 17.8 Å². The van der Waals surface area contributed by atoms with Crippen molar-refractivity contribution in [2.24, 2.45) is 0 Å². The molecule has 0 aliphatic rings. The van der Waals surface area contributed by atoms with E-state index in [9.17, 15) is 18.0 Å². The van der Waals surface area contributed by atoms with Crippen molar-refractivity contribution in [2.45, 2.75) is 45.5 Å². The molecule has 0 heterocycles. The van der Waals surface area contributed by atoms with E-state index in [0.29, 0.717) is 4.67 Å². The quantitative estimate of drug-likeness (QED) is 0.652. The van der Waals surface area contributed by atoms with Gasteiger partial charge < -0.3 is 4.52 Å². The highest BCUT2D eigenvalue weighted by Gasteiger charge is 2.47. The lowest BCUT2D eigenvalue weighted by molar-refractivity contribution is -0.180. The van der Waals surface area contributed by atoms with Crippen LogP contribution in [0, 0.1) is 0 Å². The van der Waals surface area contributed by atoms with E-state index in [1.807, 2.05) is 13.8 Å². The second-order valence-corrected chi connectivity index (χ2v) is 10.7. The maximum absolute atomic E-state index is 12.6. The normalized spacial score (nSPS) is 16.8. The molecule has 0 aromatic heterocycles. The fraction of sp³-hybridized carbons (Fsp3) is 0.900. The lowest BCUT2D eigenvalue weighted by Crippen LogP contribution is -2.38. The Kier molecular flexibility index (Phi) is 7.95. The van der Waals surface area contributed by atoms with Gasteiger partial charge in [0.2, 0.25) is 5.62 Å². The molecule has 3 nitrogen and oxygen atoms in total. The summed E-state index contributed by atoms with van der Waals surface area (Å²) in [6.07, 6.45) is -4.18. The van der Waals surface area contributed by atoms with Gasteiger partial charge in [-0.05, 0) is 32.1 Å². The summed E-state index contributed by atoms with van der Waals surface area (Å²) in [6.45, 7) is 6.97. The molecule has 0 spiro atoms. The summed E-state index contributed by atoms with van der Waals surface area (Å²) in [5.74, 6) is -1.91. The van der Waals surface area contributed by atoms with Crippen molar-refractivity contribution in [3.05, 3.63) is 0 Å². The van der Waals surface area contributed by atoms with E-state index in [1.54, 1.807) is 6.92 Å². The number of rotatable bonds is 7. The molecule has 0 fully saturated rings. The van der Waals surface area contributed by atoms with Crippen LogP contribution in [0.1, 0.15) is 34.1 Å². The summed E-state index contributed by atoms with van der Waals surface area (Å²) in [6, 6.07) is 0. The smallest absolute Gasteiger partial charge is 0.327 e. The standard InChI is InChI=1S/C10H19F3NO2PS2/c1-5-8(4)19-17(18,16-7-3)14(6-2)9(15)10(11,12)13/h8H,5-7H2,1-4H3. The summed E-state index contributed by atoms with van der Waals surface area (Å²) in [7, 11) is 0. The van der Waals surface area contributed by atoms with Crippen LogP contribution in [0.5, 0.6) is 0 Å². The number of halogens is 3. The Balaban J connectivity index is 5.32. The summed E-state index contributed by atoms with van der Waals surface area (Å²) in [5.41, 5.74) is -3.04. The Bertz CT molecular complexity index is 352. The summed E-state index contributed by atoms with van der Waals surface area (Å²) < 4.78 is 43.8. The molecule has 0 aromatic carbocycles. The predicted molar refractivity (Wildman–Crippen MR) is 76.7 cm³/mol. The van der Waals surface area contributed by atoms with Gasteiger partial charge in [-0.3, -0.25) is 9.46 Å². The van der Waals surface area contributed by atoms with E-state index in [2.05, 4.69) is 0 Å². The minimum absolute atomic E-state index is 0.0347. The molecule has 2 atom stereocenters. The monoisotopic (exact) mass is 337 g/mol. The number of amides is 1. The Hall–Kier alpha value is 0.220. The molecule has 0 saturated heterocycles. The SMILES string of the molecule is CCOP(=S)(SC(C)CC)N(CC)C(=O)C(F)(F)F. The molecule has 0 bridgehead atoms. The molecular formula is C10H19F3NO2PS2. The van der Waals surface area contributed by atoms with Crippen molar-refractivity contribution >= 4 is 34.7 Å². The molecular weight excluding hydrogens is 318 g/mol. The minimum atomic E-state index is -4.92. The molecule has 114 valence electrons. The highest BCUT2D eigenvalue weighted by atomic mass is 32.9. The molecule has 0 aromatic rings. The molecule has 19 heavy (non-hydrogen) atoms. The molecule has 0 radical (unpaired) electrons. The number of alkyl halides is 3. The molecule has 0 aliphatic carbocycles. The minimum Gasteiger partial charge on any atom is -0.327 e. The number of hydrogen-bond acceptors (Lipinski definition) is 4. The number of hydrogen-bond donors (Lipinski definition) is 0. The van der Waals surface area contributed by atoms with E-state index in [4.69, 9.17) is 16.3 Å². The Labute approximate surface area is 121 Å².